The highest BCUT2D eigenvalue weighted by Gasteiger charge is 1.97. The largest absolute Gasteiger partial charge is 0.288 e. The maximum atomic E-state index is 7.47. The fourth-order valence-corrected chi connectivity index (χ4v) is 2.43. The van der Waals surface area contributed by atoms with Crippen molar-refractivity contribution >= 4 is 27.9 Å². The second-order valence-corrected chi connectivity index (χ2v) is 5.26. The summed E-state index contributed by atoms with van der Waals surface area (Å²) >= 11 is 3.13. The van der Waals surface area contributed by atoms with E-state index >= 15 is 0 Å². The number of nitrogens with one attached hydrogen (secondary N) is 1. The Morgan fingerprint density at radius 3 is 2.86 bits per heavy atom. The van der Waals surface area contributed by atoms with Crippen LogP contribution in [0.1, 0.15) is 11.1 Å². The van der Waals surface area contributed by atoms with Gasteiger partial charge in [-0.25, -0.2) is 0 Å². The molecule has 0 radical (unpaired) electrons. The van der Waals surface area contributed by atoms with E-state index in [0.717, 1.165) is 12.2 Å². The van der Waals surface area contributed by atoms with Crippen molar-refractivity contribution < 1.29 is 0 Å². The Bertz CT molecular complexity index is 310. The Morgan fingerprint density at radius 1 is 1.43 bits per heavy atom. The smallest absolute Gasteiger partial charge is 0.121 e. The molecule has 3 heteroatoms. The highest BCUT2D eigenvalue weighted by Crippen LogP contribution is 2.14. The molecule has 0 heterocycles. The maximum Gasteiger partial charge on any atom is 0.121 e. The van der Waals surface area contributed by atoms with Gasteiger partial charge in [-0.05, 0) is 25.2 Å². The van der Waals surface area contributed by atoms with Crippen LogP contribution in [0.5, 0.6) is 0 Å². The number of rotatable bonds is 3. The van der Waals surface area contributed by atoms with Crippen LogP contribution in [0.2, 0.25) is 0 Å². The number of benzene rings is 1. The zero-order valence-corrected chi connectivity index (χ0v) is 10.2. The van der Waals surface area contributed by atoms with E-state index in [1.54, 1.807) is 11.8 Å². The molecule has 0 aromatic heterocycles. The van der Waals surface area contributed by atoms with Gasteiger partial charge in [-0.1, -0.05) is 41.6 Å². The summed E-state index contributed by atoms with van der Waals surface area (Å²) in [4.78, 5) is 0. The third-order valence-electron chi connectivity index (χ3n) is 1.89. The summed E-state index contributed by atoms with van der Waals surface area (Å²) in [6.45, 7) is 2.11. The Kier molecular flexibility index (Phi) is 5.12. The van der Waals surface area contributed by atoms with Crippen LogP contribution >= 0.6 is 23.5 Å². The van der Waals surface area contributed by atoms with Gasteiger partial charge in [0.2, 0.25) is 0 Å². The van der Waals surface area contributed by atoms with Crippen molar-refractivity contribution in [2.75, 3.05) is 12.0 Å². The summed E-state index contributed by atoms with van der Waals surface area (Å²) in [5, 5.41) is 7.47. The lowest BCUT2D eigenvalue weighted by Gasteiger charge is -2.02. The summed E-state index contributed by atoms with van der Waals surface area (Å²) in [5.74, 6) is 1.00. The van der Waals surface area contributed by atoms with E-state index in [9.17, 15) is 0 Å². The Balaban J connectivity index is 2.35. The van der Waals surface area contributed by atoms with Gasteiger partial charge in [0, 0.05) is 5.75 Å². The molecule has 0 amide bonds. The van der Waals surface area contributed by atoms with Crippen LogP contribution < -0.4 is 0 Å². The van der Waals surface area contributed by atoms with Crippen molar-refractivity contribution in [3.63, 3.8) is 0 Å². The summed E-state index contributed by atoms with van der Waals surface area (Å²) in [6, 6.07) is 8.56. The first kappa shape index (κ1) is 11.7. The molecule has 0 bridgehead atoms. The average molecular weight is 225 g/mol. The predicted molar refractivity (Wildman–Crippen MR) is 68.6 cm³/mol. The Morgan fingerprint density at radius 2 is 2.21 bits per heavy atom. The molecule has 0 unspecified atom stereocenters. The van der Waals surface area contributed by atoms with Crippen molar-refractivity contribution in [1.82, 2.24) is 0 Å². The van der Waals surface area contributed by atoms with E-state index in [2.05, 4.69) is 31.2 Å². The molecule has 14 heavy (non-hydrogen) atoms. The van der Waals surface area contributed by atoms with Gasteiger partial charge in [-0.15, -0.1) is 11.8 Å². The molecular formula is C11H15NS2. The molecule has 0 saturated heterocycles. The summed E-state index contributed by atoms with van der Waals surface area (Å²) in [7, 11) is 0. The summed E-state index contributed by atoms with van der Waals surface area (Å²) in [5.41, 5.74) is 2.68. The van der Waals surface area contributed by atoms with Gasteiger partial charge in [-0.2, -0.15) is 0 Å². The first-order valence-corrected chi connectivity index (χ1v) is 6.74. The fraction of sp³-hybridized carbons (Fsp3) is 0.364. The van der Waals surface area contributed by atoms with Gasteiger partial charge in [0.15, 0.2) is 0 Å². The van der Waals surface area contributed by atoms with Crippen LogP contribution in [0.3, 0.4) is 0 Å². The molecule has 1 nitrogen and oxygen atoms in total. The number of hydrogen-bond donors (Lipinski definition) is 1. The Labute approximate surface area is 94.2 Å². The van der Waals surface area contributed by atoms with Crippen molar-refractivity contribution in [3.05, 3.63) is 35.4 Å². The van der Waals surface area contributed by atoms with Crippen LogP contribution in [0, 0.1) is 12.3 Å². The zero-order valence-electron chi connectivity index (χ0n) is 8.54. The van der Waals surface area contributed by atoms with Gasteiger partial charge in [0.05, 0.1) is 0 Å². The van der Waals surface area contributed by atoms with Gasteiger partial charge < -0.3 is 0 Å². The van der Waals surface area contributed by atoms with Crippen LogP contribution in [-0.4, -0.2) is 16.4 Å². The summed E-state index contributed by atoms with van der Waals surface area (Å²) in [6.07, 6.45) is 3.00. The van der Waals surface area contributed by atoms with E-state index in [4.69, 9.17) is 5.41 Å². The third kappa shape index (κ3) is 4.20. The highest BCUT2D eigenvalue weighted by molar-refractivity contribution is 8.38. The van der Waals surface area contributed by atoms with Gasteiger partial charge in [0.1, 0.15) is 4.38 Å². The van der Waals surface area contributed by atoms with Gasteiger partial charge in [0.25, 0.3) is 0 Å². The molecule has 0 saturated carbocycles. The SMILES string of the molecule is CSC(=N)SCCc1cccc(C)c1. The predicted octanol–water partition coefficient (Wildman–Crippen LogP) is 3.57. The molecule has 76 valence electrons. The molecule has 1 aromatic rings. The first-order valence-electron chi connectivity index (χ1n) is 4.53. The molecule has 1 aromatic carbocycles. The van der Waals surface area contributed by atoms with Crippen molar-refractivity contribution in [2.45, 2.75) is 13.3 Å². The van der Waals surface area contributed by atoms with E-state index in [-0.39, 0.29) is 0 Å². The number of aryl methyl sites for hydroxylation is 2. The van der Waals surface area contributed by atoms with E-state index in [1.165, 1.54) is 22.9 Å². The van der Waals surface area contributed by atoms with Crippen LogP contribution in [0.15, 0.2) is 24.3 Å². The third-order valence-corrected chi connectivity index (χ3v) is 3.79. The second kappa shape index (κ2) is 6.14. The molecule has 0 spiro atoms. The van der Waals surface area contributed by atoms with Crippen molar-refractivity contribution in [1.29, 1.82) is 5.41 Å². The maximum absolute atomic E-state index is 7.47. The van der Waals surface area contributed by atoms with Gasteiger partial charge >= 0.3 is 0 Å². The molecule has 1 N–H and O–H groups in total. The minimum atomic E-state index is 0.706. The lowest BCUT2D eigenvalue weighted by molar-refractivity contribution is 1.15. The summed E-state index contributed by atoms with van der Waals surface area (Å²) < 4.78 is 0.706. The second-order valence-electron chi connectivity index (χ2n) is 3.08. The normalized spacial score (nSPS) is 10.1. The first-order chi connectivity index (χ1) is 6.72. The fourth-order valence-electron chi connectivity index (χ4n) is 1.19. The minimum Gasteiger partial charge on any atom is -0.288 e. The van der Waals surface area contributed by atoms with E-state index in [1.807, 2.05) is 6.26 Å². The molecule has 0 atom stereocenters. The zero-order chi connectivity index (χ0) is 10.4. The van der Waals surface area contributed by atoms with E-state index in [0.29, 0.717) is 4.38 Å². The van der Waals surface area contributed by atoms with Crippen LogP contribution in [-0.2, 0) is 6.42 Å². The van der Waals surface area contributed by atoms with Gasteiger partial charge in [-0.3, -0.25) is 5.41 Å². The molecule has 0 aliphatic rings. The molecule has 1 rings (SSSR count). The minimum absolute atomic E-state index is 0.706. The monoisotopic (exact) mass is 225 g/mol. The lowest BCUT2D eigenvalue weighted by Crippen LogP contribution is -1.91. The average Bonchev–Trinajstić information content (AvgIpc) is 2.17. The molecule has 0 aliphatic heterocycles. The van der Waals surface area contributed by atoms with E-state index < -0.39 is 0 Å². The quantitative estimate of drug-likeness (QED) is 0.628. The molecule has 0 aliphatic carbocycles. The standard InChI is InChI=1S/C11H15NS2/c1-9-4-3-5-10(8-9)6-7-14-11(12)13-2/h3-5,8,12H,6-7H2,1-2H3. The van der Waals surface area contributed by atoms with Crippen molar-refractivity contribution in [2.24, 2.45) is 0 Å². The highest BCUT2D eigenvalue weighted by atomic mass is 32.2. The topological polar surface area (TPSA) is 23.9 Å². The van der Waals surface area contributed by atoms with Crippen LogP contribution in [0.25, 0.3) is 0 Å². The molecular weight excluding hydrogens is 210 g/mol. The van der Waals surface area contributed by atoms with Crippen molar-refractivity contribution in [3.8, 4) is 0 Å². The Hall–Kier alpha value is -0.410. The van der Waals surface area contributed by atoms with Crippen LogP contribution in [0.4, 0.5) is 0 Å². The lowest BCUT2D eigenvalue weighted by atomic mass is 10.1. The number of thioether (sulfide) groups is 2. The number of hydrogen-bond acceptors (Lipinski definition) is 3. The molecule has 0 fully saturated rings.